The van der Waals surface area contributed by atoms with E-state index in [9.17, 15) is 10.1 Å². The predicted octanol–water partition coefficient (Wildman–Crippen LogP) is 2.45. The number of aromatic nitrogens is 4. The summed E-state index contributed by atoms with van der Waals surface area (Å²) in [6, 6.07) is 17.7. The number of nitriles is 1. The maximum atomic E-state index is 12.8. The van der Waals surface area contributed by atoms with Crippen LogP contribution >= 0.6 is 0 Å². The average molecular weight is 414 g/mol. The zero-order chi connectivity index (χ0) is 21.6. The van der Waals surface area contributed by atoms with Gasteiger partial charge in [-0.05, 0) is 48.0 Å². The van der Waals surface area contributed by atoms with E-state index in [1.54, 1.807) is 6.20 Å². The minimum absolute atomic E-state index is 0.0963. The summed E-state index contributed by atoms with van der Waals surface area (Å²) in [6.45, 7) is 4.90. The first-order valence-corrected chi connectivity index (χ1v) is 9.96. The first-order chi connectivity index (χ1) is 15.2. The Bertz CT molecular complexity index is 1110. The van der Waals surface area contributed by atoms with Crippen LogP contribution in [-0.4, -0.2) is 57.6 Å². The normalized spacial score (nSPS) is 14.3. The SMILES string of the molecule is Cc1ccccc1C(=O)N1CCN(c2ccc(NC=C(C#N)c3nn[nH]n3)cc2)CC1. The van der Waals surface area contributed by atoms with Gasteiger partial charge >= 0.3 is 0 Å². The van der Waals surface area contributed by atoms with Gasteiger partial charge in [-0.3, -0.25) is 4.79 Å². The van der Waals surface area contributed by atoms with Crippen molar-refractivity contribution >= 4 is 22.9 Å². The Hall–Kier alpha value is -4.19. The van der Waals surface area contributed by atoms with E-state index >= 15 is 0 Å². The molecule has 0 atom stereocenters. The highest BCUT2D eigenvalue weighted by molar-refractivity contribution is 5.95. The van der Waals surface area contributed by atoms with Crippen molar-refractivity contribution in [3.05, 3.63) is 71.7 Å². The summed E-state index contributed by atoms with van der Waals surface area (Å²) in [7, 11) is 0. The van der Waals surface area contributed by atoms with Crippen molar-refractivity contribution in [3.8, 4) is 6.07 Å². The number of piperazine rings is 1. The Kier molecular flexibility index (Phi) is 5.89. The van der Waals surface area contributed by atoms with Crippen molar-refractivity contribution in [1.82, 2.24) is 25.5 Å². The quantitative estimate of drug-likeness (QED) is 0.617. The van der Waals surface area contributed by atoms with E-state index < -0.39 is 0 Å². The van der Waals surface area contributed by atoms with Gasteiger partial charge in [0.05, 0.1) is 0 Å². The van der Waals surface area contributed by atoms with Gasteiger partial charge in [0.15, 0.2) is 0 Å². The lowest BCUT2D eigenvalue weighted by Gasteiger charge is -2.36. The Morgan fingerprint density at radius 1 is 1.13 bits per heavy atom. The van der Waals surface area contributed by atoms with Gasteiger partial charge in [0.1, 0.15) is 11.6 Å². The molecule has 3 aromatic rings. The number of carbonyl (C=O) groups excluding carboxylic acids is 1. The maximum Gasteiger partial charge on any atom is 0.254 e. The molecule has 0 aliphatic carbocycles. The smallest absolute Gasteiger partial charge is 0.254 e. The summed E-state index contributed by atoms with van der Waals surface area (Å²) in [5.74, 6) is 0.337. The van der Waals surface area contributed by atoms with E-state index in [2.05, 4.69) is 30.8 Å². The highest BCUT2D eigenvalue weighted by atomic mass is 16.2. The molecule has 1 aliphatic rings. The zero-order valence-corrected chi connectivity index (χ0v) is 17.1. The van der Waals surface area contributed by atoms with Gasteiger partial charge in [-0.15, -0.1) is 10.2 Å². The van der Waals surface area contributed by atoms with Crippen LogP contribution in [0.5, 0.6) is 0 Å². The number of anilines is 2. The highest BCUT2D eigenvalue weighted by Gasteiger charge is 2.23. The van der Waals surface area contributed by atoms with E-state index in [1.165, 1.54) is 0 Å². The minimum atomic E-state index is 0.0963. The monoisotopic (exact) mass is 414 g/mol. The van der Waals surface area contributed by atoms with Crippen LogP contribution in [0, 0.1) is 18.3 Å². The van der Waals surface area contributed by atoms with Crippen molar-refractivity contribution < 1.29 is 4.79 Å². The first-order valence-electron chi connectivity index (χ1n) is 9.96. The van der Waals surface area contributed by atoms with E-state index in [0.29, 0.717) is 13.1 Å². The standard InChI is InChI=1S/C22H22N8O/c1-16-4-2-3-5-20(16)22(31)30-12-10-29(11-13-30)19-8-6-18(7-9-19)24-15-17(14-23)21-25-27-28-26-21/h2-9,15,24H,10-13H2,1H3,(H,25,26,27,28). The minimum Gasteiger partial charge on any atom is -0.368 e. The van der Waals surface area contributed by atoms with Gasteiger partial charge in [0.25, 0.3) is 5.91 Å². The molecule has 156 valence electrons. The van der Waals surface area contributed by atoms with E-state index in [-0.39, 0.29) is 17.3 Å². The fourth-order valence-corrected chi connectivity index (χ4v) is 3.50. The molecule has 0 bridgehead atoms. The molecule has 1 fully saturated rings. The highest BCUT2D eigenvalue weighted by Crippen LogP contribution is 2.21. The van der Waals surface area contributed by atoms with Crippen LogP contribution in [-0.2, 0) is 0 Å². The Labute approximate surface area is 180 Å². The molecule has 1 aliphatic heterocycles. The molecule has 0 spiro atoms. The number of carbonyl (C=O) groups is 1. The molecule has 0 radical (unpaired) electrons. The van der Waals surface area contributed by atoms with Crippen LogP contribution in [0.3, 0.4) is 0 Å². The molecule has 1 aromatic heterocycles. The Morgan fingerprint density at radius 2 is 1.87 bits per heavy atom. The molecule has 0 saturated carbocycles. The number of aryl methyl sites for hydroxylation is 1. The third-order valence-corrected chi connectivity index (χ3v) is 5.26. The molecule has 4 rings (SSSR count). The molecule has 31 heavy (non-hydrogen) atoms. The summed E-state index contributed by atoms with van der Waals surface area (Å²) < 4.78 is 0. The fraction of sp³-hybridized carbons (Fsp3) is 0.227. The molecular weight excluding hydrogens is 392 g/mol. The summed E-state index contributed by atoms with van der Waals surface area (Å²) >= 11 is 0. The lowest BCUT2D eigenvalue weighted by Crippen LogP contribution is -2.48. The van der Waals surface area contributed by atoms with Crippen molar-refractivity contribution in [1.29, 1.82) is 5.26 Å². The van der Waals surface area contributed by atoms with Gasteiger partial charge in [-0.1, -0.05) is 18.2 Å². The van der Waals surface area contributed by atoms with Crippen molar-refractivity contribution in [2.24, 2.45) is 0 Å². The number of hydrogen-bond acceptors (Lipinski definition) is 7. The molecular formula is C22H22N8O. The van der Waals surface area contributed by atoms with Gasteiger partial charge in [0.2, 0.25) is 5.82 Å². The van der Waals surface area contributed by atoms with E-state index in [0.717, 1.165) is 35.6 Å². The number of nitrogens with zero attached hydrogens (tertiary/aromatic N) is 6. The number of amides is 1. The second kappa shape index (κ2) is 9.09. The zero-order valence-electron chi connectivity index (χ0n) is 17.1. The topological polar surface area (TPSA) is 114 Å². The molecule has 0 unspecified atom stereocenters. The molecule has 9 heteroatoms. The number of allylic oxidation sites excluding steroid dienone is 1. The first kappa shape index (κ1) is 20.1. The second-order valence-electron chi connectivity index (χ2n) is 7.19. The third kappa shape index (κ3) is 4.53. The summed E-state index contributed by atoms with van der Waals surface area (Å²) in [5, 5.41) is 25.7. The molecule has 2 N–H and O–H groups in total. The summed E-state index contributed by atoms with van der Waals surface area (Å²) in [6.07, 6.45) is 1.55. The van der Waals surface area contributed by atoms with Crippen LogP contribution in [0.1, 0.15) is 21.7 Å². The Morgan fingerprint density at radius 3 is 2.52 bits per heavy atom. The summed E-state index contributed by atoms with van der Waals surface area (Å²) in [4.78, 5) is 17.0. The molecule has 2 heterocycles. The number of rotatable bonds is 5. The Balaban J connectivity index is 1.35. The largest absolute Gasteiger partial charge is 0.368 e. The third-order valence-electron chi connectivity index (χ3n) is 5.26. The van der Waals surface area contributed by atoms with Crippen LogP contribution in [0.15, 0.2) is 54.7 Å². The lowest BCUT2D eigenvalue weighted by molar-refractivity contribution is 0.0746. The van der Waals surface area contributed by atoms with Crippen molar-refractivity contribution in [2.45, 2.75) is 6.92 Å². The van der Waals surface area contributed by atoms with Crippen LogP contribution in [0.25, 0.3) is 5.57 Å². The number of benzene rings is 2. The number of aromatic amines is 1. The van der Waals surface area contributed by atoms with Crippen molar-refractivity contribution in [2.75, 3.05) is 36.4 Å². The molecule has 1 amide bonds. The summed E-state index contributed by atoms with van der Waals surface area (Å²) in [5.41, 5.74) is 4.00. The fourth-order valence-electron chi connectivity index (χ4n) is 3.50. The molecule has 1 saturated heterocycles. The van der Waals surface area contributed by atoms with Crippen LogP contribution in [0.2, 0.25) is 0 Å². The second-order valence-corrected chi connectivity index (χ2v) is 7.19. The van der Waals surface area contributed by atoms with Gasteiger partial charge in [-0.25, -0.2) is 0 Å². The van der Waals surface area contributed by atoms with Crippen molar-refractivity contribution in [3.63, 3.8) is 0 Å². The van der Waals surface area contributed by atoms with Gasteiger partial charge < -0.3 is 15.1 Å². The predicted molar refractivity (Wildman–Crippen MR) is 117 cm³/mol. The average Bonchev–Trinajstić information content (AvgIpc) is 3.35. The van der Waals surface area contributed by atoms with Gasteiger partial charge in [-0.2, -0.15) is 10.5 Å². The maximum absolute atomic E-state index is 12.8. The number of nitrogens with one attached hydrogen (secondary N) is 2. The molecule has 2 aromatic carbocycles. The number of hydrogen-bond donors (Lipinski definition) is 2. The lowest BCUT2D eigenvalue weighted by atomic mass is 10.1. The van der Waals surface area contributed by atoms with Crippen LogP contribution in [0.4, 0.5) is 11.4 Å². The van der Waals surface area contributed by atoms with E-state index in [4.69, 9.17) is 0 Å². The molecule has 9 nitrogen and oxygen atoms in total. The van der Waals surface area contributed by atoms with Gasteiger partial charge in [0, 0.05) is 49.3 Å². The van der Waals surface area contributed by atoms with Crippen LogP contribution < -0.4 is 10.2 Å². The number of H-pyrrole nitrogens is 1. The van der Waals surface area contributed by atoms with E-state index in [1.807, 2.05) is 66.4 Å². The number of tetrazole rings is 1.